The van der Waals surface area contributed by atoms with Crippen LogP contribution in [0.3, 0.4) is 0 Å². The largest absolute Gasteiger partial charge is 0.358 e. The smallest absolute Gasteiger partial charge is 0.222 e. The molecule has 1 amide bonds. The van der Waals surface area contributed by atoms with E-state index in [1.165, 1.54) is 16.7 Å². The first-order valence-electron chi connectivity index (χ1n) is 8.99. The zero-order valence-corrected chi connectivity index (χ0v) is 16.2. The van der Waals surface area contributed by atoms with Gasteiger partial charge in [-0.15, -0.1) is 0 Å². The van der Waals surface area contributed by atoms with Gasteiger partial charge in [-0.05, 0) is 66.9 Å². The topological polar surface area (TPSA) is 44.4 Å². The van der Waals surface area contributed by atoms with Gasteiger partial charge in [0.1, 0.15) is 0 Å². The monoisotopic (exact) mass is 367 g/mol. The molecule has 0 radical (unpaired) electrons. The first-order chi connectivity index (χ1) is 12.5. The van der Waals surface area contributed by atoms with Crippen molar-refractivity contribution in [1.29, 1.82) is 0 Å². The minimum Gasteiger partial charge on any atom is -0.358 e. The molecule has 5 heteroatoms. The Kier molecular flexibility index (Phi) is 5.89. The average molecular weight is 368 g/mol. The minimum absolute atomic E-state index is 0.250. The molecule has 1 heterocycles. The second kappa shape index (κ2) is 8.32. The molecule has 2 N–H and O–H groups in total. The van der Waals surface area contributed by atoms with Gasteiger partial charge in [0, 0.05) is 31.7 Å². The van der Waals surface area contributed by atoms with E-state index in [0.29, 0.717) is 24.6 Å². The second-order valence-corrected chi connectivity index (χ2v) is 7.28. The maximum Gasteiger partial charge on any atom is 0.222 e. The van der Waals surface area contributed by atoms with Crippen LogP contribution in [0.5, 0.6) is 0 Å². The van der Waals surface area contributed by atoms with Gasteiger partial charge in [-0.2, -0.15) is 0 Å². The van der Waals surface area contributed by atoms with E-state index < -0.39 is 0 Å². The molecule has 2 aromatic rings. The number of nitrogens with one attached hydrogen (secondary N) is 2. The van der Waals surface area contributed by atoms with Crippen LogP contribution in [0.25, 0.3) is 0 Å². The van der Waals surface area contributed by atoms with E-state index in [1.807, 2.05) is 17.0 Å². The molecule has 0 aromatic heterocycles. The lowest BCUT2D eigenvalue weighted by atomic mass is 10.1. The van der Waals surface area contributed by atoms with Crippen LogP contribution >= 0.6 is 12.2 Å². The maximum atomic E-state index is 11.9. The van der Waals surface area contributed by atoms with Crippen molar-refractivity contribution in [2.24, 2.45) is 0 Å². The maximum absolute atomic E-state index is 11.9. The highest BCUT2D eigenvalue weighted by Gasteiger charge is 2.20. The molecule has 3 rings (SSSR count). The highest BCUT2D eigenvalue weighted by atomic mass is 32.1. The van der Waals surface area contributed by atoms with E-state index >= 15 is 0 Å². The third-order valence-corrected chi connectivity index (χ3v) is 4.82. The summed E-state index contributed by atoms with van der Waals surface area (Å²) in [5.41, 5.74) is 5.74. The minimum atomic E-state index is 0.250. The number of nitrogens with zero attached hydrogens (tertiary/aromatic N) is 1. The summed E-state index contributed by atoms with van der Waals surface area (Å²) in [4.78, 5) is 13.8. The number of likely N-dealkylation sites (tertiary alicyclic amines) is 1. The SMILES string of the molecule is Cc1cc(C)cc(NC(=S)NCc2ccccc2CN2CCCC2=O)c1. The predicted octanol–water partition coefficient (Wildman–Crippen LogP) is 3.91. The number of benzene rings is 2. The standard InChI is InChI=1S/C21H25N3OS/c1-15-10-16(2)12-19(11-15)23-21(26)22-13-17-6-3-4-7-18(17)14-24-9-5-8-20(24)25/h3-4,6-7,10-12H,5,8-9,13-14H2,1-2H3,(H2,22,23,26). The van der Waals surface area contributed by atoms with E-state index in [4.69, 9.17) is 12.2 Å². The normalized spacial score (nSPS) is 13.8. The summed E-state index contributed by atoms with van der Waals surface area (Å²) in [6.07, 6.45) is 1.63. The molecule has 4 nitrogen and oxygen atoms in total. The number of anilines is 1. The Balaban J connectivity index is 1.60. The number of hydrogen-bond donors (Lipinski definition) is 2. The number of rotatable bonds is 5. The number of aryl methyl sites for hydroxylation is 2. The van der Waals surface area contributed by atoms with Gasteiger partial charge >= 0.3 is 0 Å². The van der Waals surface area contributed by atoms with Crippen LogP contribution in [-0.4, -0.2) is 22.5 Å². The number of carbonyl (C=O) groups is 1. The Morgan fingerprint density at radius 2 is 1.81 bits per heavy atom. The summed E-state index contributed by atoms with van der Waals surface area (Å²) >= 11 is 5.44. The molecule has 1 saturated heterocycles. The molecule has 1 aliphatic heterocycles. The van der Waals surface area contributed by atoms with Gasteiger partial charge in [0.2, 0.25) is 5.91 Å². The molecule has 26 heavy (non-hydrogen) atoms. The van der Waals surface area contributed by atoms with Gasteiger partial charge in [0.25, 0.3) is 0 Å². The van der Waals surface area contributed by atoms with E-state index in [9.17, 15) is 4.79 Å². The number of carbonyl (C=O) groups excluding carboxylic acids is 1. The summed E-state index contributed by atoms with van der Waals surface area (Å²) in [6, 6.07) is 14.5. The predicted molar refractivity (Wildman–Crippen MR) is 110 cm³/mol. The molecule has 2 aromatic carbocycles. The molecular formula is C21H25N3OS. The third kappa shape index (κ3) is 4.82. The molecule has 0 atom stereocenters. The molecule has 0 saturated carbocycles. The zero-order valence-electron chi connectivity index (χ0n) is 15.3. The fraction of sp³-hybridized carbons (Fsp3) is 0.333. The van der Waals surface area contributed by atoms with Crippen LogP contribution in [0, 0.1) is 13.8 Å². The Morgan fingerprint density at radius 1 is 1.12 bits per heavy atom. The average Bonchev–Trinajstić information content (AvgIpc) is 2.98. The molecule has 1 fully saturated rings. The van der Waals surface area contributed by atoms with Crippen LogP contribution in [0.1, 0.15) is 35.1 Å². The number of thiocarbonyl (C=S) groups is 1. The lowest BCUT2D eigenvalue weighted by Crippen LogP contribution is -2.29. The van der Waals surface area contributed by atoms with Crippen molar-refractivity contribution < 1.29 is 4.79 Å². The van der Waals surface area contributed by atoms with Crippen molar-refractivity contribution in [2.75, 3.05) is 11.9 Å². The zero-order chi connectivity index (χ0) is 18.5. The molecule has 1 aliphatic rings. The van der Waals surface area contributed by atoms with E-state index in [1.54, 1.807) is 0 Å². The fourth-order valence-electron chi connectivity index (χ4n) is 3.36. The Morgan fingerprint density at radius 3 is 2.46 bits per heavy atom. The lowest BCUT2D eigenvalue weighted by molar-refractivity contribution is -0.128. The summed E-state index contributed by atoms with van der Waals surface area (Å²) in [6.45, 7) is 6.31. The first-order valence-corrected chi connectivity index (χ1v) is 9.40. The van der Waals surface area contributed by atoms with Gasteiger partial charge in [0.05, 0.1) is 0 Å². The lowest BCUT2D eigenvalue weighted by Gasteiger charge is -2.19. The van der Waals surface area contributed by atoms with Crippen LogP contribution in [-0.2, 0) is 17.9 Å². The summed E-state index contributed by atoms with van der Waals surface area (Å²) in [5.74, 6) is 0.250. The third-order valence-electron chi connectivity index (χ3n) is 4.57. The van der Waals surface area contributed by atoms with Crippen LogP contribution < -0.4 is 10.6 Å². The van der Waals surface area contributed by atoms with Crippen molar-refractivity contribution in [3.8, 4) is 0 Å². The molecule has 136 valence electrons. The van der Waals surface area contributed by atoms with E-state index in [-0.39, 0.29) is 5.91 Å². The van der Waals surface area contributed by atoms with Gasteiger partial charge in [-0.25, -0.2) is 0 Å². The van der Waals surface area contributed by atoms with Gasteiger partial charge in [-0.1, -0.05) is 30.3 Å². The van der Waals surface area contributed by atoms with Crippen molar-refractivity contribution in [2.45, 2.75) is 39.8 Å². The van der Waals surface area contributed by atoms with E-state index in [0.717, 1.165) is 24.2 Å². The van der Waals surface area contributed by atoms with Gasteiger partial charge in [0.15, 0.2) is 5.11 Å². The van der Waals surface area contributed by atoms with Crippen LogP contribution in [0.15, 0.2) is 42.5 Å². The van der Waals surface area contributed by atoms with Crippen LogP contribution in [0.2, 0.25) is 0 Å². The second-order valence-electron chi connectivity index (χ2n) is 6.87. The van der Waals surface area contributed by atoms with Crippen molar-refractivity contribution >= 4 is 28.9 Å². The molecular weight excluding hydrogens is 342 g/mol. The highest BCUT2D eigenvalue weighted by molar-refractivity contribution is 7.80. The summed E-state index contributed by atoms with van der Waals surface area (Å²) in [7, 11) is 0. The van der Waals surface area contributed by atoms with Crippen molar-refractivity contribution in [1.82, 2.24) is 10.2 Å². The van der Waals surface area contributed by atoms with Gasteiger partial charge < -0.3 is 15.5 Å². The Labute approximate surface area is 160 Å². The van der Waals surface area contributed by atoms with Gasteiger partial charge in [-0.3, -0.25) is 4.79 Å². The quantitative estimate of drug-likeness (QED) is 0.787. The van der Waals surface area contributed by atoms with Crippen LogP contribution in [0.4, 0.5) is 5.69 Å². The molecule has 0 spiro atoms. The Hall–Kier alpha value is -2.40. The Bertz CT molecular complexity index is 798. The van der Waals surface area contributed by atoms with E-state index in [2.05, 4.69) is 54.8 Å². The first kappa shape index (κ1) is 18.4. The summed E-state index contributed by atoms with van der Waals surface area (Å²) in [5, 5.41) is 7.13. The fourth-order valence-corrected chi connectivity index (χ4v) is 3.55. The summed E-state index contributed by atoms with van der Waals surface area (Å²) < 4.78 is 0. The number of amides is 1. The highest BCUT2D eigenvalue weighted by Crippen LogP contribution is 2.17. The number of hydrogen-bond acceptors (Lipinski definition) is 2. The molecule has 0 unspecified atom stereocenters. The molecule has 0 bridgehead atoms. The van der Waals surface area contributed by atoms with Crippen molar-refractivity contribution in [3.63, 3.8) is 0 Å². The molecule has 0 aliphatic carbocycles. The van der Waals surface area contributed by atoms with Crippen molar-refractivity contribution in [3.05, 3.63) is 64.7 Å².